The Morgan fingerprint density at radius 2 is 1.96 bits per heavy atom. The third kappa shape index (κ3) is 4.57. The van der Waals surface area contributed by atoms with E-state index in [2.05, 4.69) is 10.6 Å². The van der Waals surface area contributed by atoms with Crippen LogP contribution in [0.4, 0.5) is 4.39 Å². The minimum Gasteiger partial charge on any atom is -0.497 e. The Hall–Kier alpha value is -2.40. The van der Waals surface area contributed by atoms with Crippen LogP contribution in [0.25, 0.3) is 0 Å². The highest BCUT2D eigenvalue weighted by Crippen LogP contribution is 2.23. The number of benzene rings is 2. The predicted molar refractivity (Wildman–Crippen MR) is 95.0 cm³/mol. The topological polar surface area (TPSA) is 50.4 Å². The molecule has 1 saturated heterocycles. The maximum atomic E-state index is 13.2. The zero-order valence-corrected chi connectivity index (χ0v) is 14.3. The molecule has 1 fully saturated rings. The standard InChI is InChI=1S/C20H23FN2O2/c1-25-18-8-4-15(5-9-18)19(12-14-2-6-17(21)7-3-14)23-20(24)16-10-11-22-13-16/h2-9,16,19,22H,10-13H2,1H3,(H,23,24)/t16-,19-/m1/s1. The third-order valence-electron chi connectivity index (χ3n) is 4.62. The fourth-order valence-corrected chi connectivity index (χ4v) is 3.11. The summed E-state index contributed by atoms with van der Waals surface area (Å²) in [5, 5.41) is 6.38. The lowest BCUT2D eigenvalue weighted by Gasteiger charge is -2.22. The van der Waals surface area contributed by atoms with Gasteiger partial charge >= 0.3 is 0 Å². The summed E-state index contributed by atoms with van der Waals surface area (Å²) >= 11 is 0. The van der Waals surface area contributed by atoms with Crippen LogP contribution in [-0.4, -0.2) is 26.1 Å². The van der Waals surface area contributed by atoms with Crippen LogP contribution in [-0.2, 0) is 11.2 Å². The Morgan fingerprint density at radius 1 is 1.24 bits per heavy atom. The molecule has 1 aliphatic heterocycles. The summed E-state index contributed by atoms with van der Waals surface area (Å²) in [7, 11) is 1.62. The molecule has 3 rings (SSSR count). The molecule has 0 bridgehead atoms. The van der Waals surface area contributed by atoms with E-state index in [0.29, 0.717) is 6.42 Å². The minimum atomic E-state index is -0.259. The number of carbonyl (C=O) groups excluding carboxylic acids is 1. The first-order chi connectivity index (χ1) is 12.2. The Balaban J connectivity index is 1.78. The van der Waals surface area contributed by atoms with E-state index in [4.69, 9.17) is 4.74 Å². The van der Waals surface area contributed by atoms with E-state index in [1.165, 1.54) is 12.1 Å². The van der Waals surface area contributed by atoms with E-state index in [0.717, 1.165) is 36.4 Å². The highest BCUT2D eigenvalue weighted by molar-refractivity contribution is 5.79. The summed E-state index contributed by atoms with van der Waals surface area (Å²) in [4.78, 5) is 12.6. The Morgan fingerprint density at radius 3 is 2.56 bits per heavy atom. The third-order valence-corrected chi connectivity index (χ3v) is 4.62. The quantitative estimate of drug-likeness (QED) is 0.849. The second-order valence-corrected chi connectivity index (χ2v) is 6.35. The van der Waals surface area contributed by atoms with E-state index in [9.17, 15) is 9.18 Å². The number of halogens is 1. The molecule has 1 amide bonds. The molecular weight excluding hydrogens is 319 g/mol. The molecule has 0 saturated carbocycles. The molecule has 2 aromatic rings. The zero-order chi connectivity index (χ0) is 17.6. The summed E-state index contributed by atoms with van der Waals surface area (Å²) in [6, 6.07) is 13.9. The van der Waals surface area contributed by atoms with Crippen molar-refractivity contribution in [3.63, 3.8) is 0 Å². The van der Waals surface area contributed by atoms with Gasteiger partial charge in [-0.05, 0) is 54.8 Å². The van der Waals surface area contributed by atoms with Crippen molar-refractivity contribution in [3.05, 3.63) is 65.5 Å². The maximum Gasteiger partial charge on any atom is 0.224 e. The van der Waals surface area contributed by atoms with Gasteiger partial charge in [0, 0.05) is 6.54 Å². The van der Waals surface area contributed by atoms with Crippen LogP contribution in [0.2, 0.25) is 0 Å². The molecule has 2 atom stereocenters. The lowest BCUT2D eigenvalue weighted by atomic mass is 9.97. The van der Waals surface area contributed by atoms with Gasteiger partial charge in [0.05, 0.1) is 19.1 Å². The van der Waals surface area contributed by atoms with Gasteiger partial charge in [-0.2, -0.15) is 0 Å². The summed E-state index contributed by atoms with van der Waals surface area (Å²) in [6.07, 6.45) is 1.47. The molecule has 0 aromatic heterocycles. The molecule has 0 aliphatic carbocycles. The van der Waals surface area contributed by atoms with Gasteiger partial charge in [-0.15, -0.1) is 0 Å². The van der Waals surface area contributed by atoms with Gasteiger partial charge in [-0.25, -0.2) is 4.39 Å². The van der Waals surface area contributed by atoms with Crippen LogP contribution < -0.4 is 15.4 Å². The summed E-state index contributed by atoms with van der Waals surface area (Å²) in [5.74, 6) is 0.586. The molecule has 25 heavy (non-hydrogen) atoms. The van der Waals surface area contributed by atoms with Gasteiger partial charge in [0.2, 0.25) is 5.91 Å². The SMILES string of the molecule is COc1ccc([C@@H](Cc2ccc(F)cc2)NC(=O)[C@@H]2CCNC2)cc1. The van der Waals surface area contributed by atoms with Crippen LogP contribution in [0.5, 0.6) is 5.75 Å². The number of rotatable bonds is 6. The number of amides is 1. The predicted octanol–water partition coefficient (Wildman–Crippen LogP) is 2.84. The van der Waals surface area contributed by atoms with Gasteiger partial charge in [0.15, 0.2) is 0 Å². The van der Waals surface area contributed by atoms with Gasteiger partial charge in [0.25, 0.3) is 0 Å². The number of nitrogens with one attached hydrogen (secondary N) is 2. The van der Waals surface area contributed by atoms with Crippen molar-refractivity contribution in [2.24, 2.45) is 5.92 Å². The molecule has 0 spiro atoms. The molecule has 1 aliphatic rings. The fourth-order valence-electron chi connectivity index (χ4n) is 3.11. The van der Waals surface area contributed by atoms with E-state index < -0.39 is 0 Å². The molecule has 4 nitrogen and oxygen atoms in total. The number of hydrogen-bond donors (Lipinski definition) is 2. The summed E-state index contributed by atoms with van der Waals surface area (Å²) < 4.78 is 18.4. The average Bonchev–Trinajstić information content (AvgIpc) is 3.18. The smallest absolute Gasteiger partial charge is 0.224 e. The van der Waals surface area contributed by atoms with Gasteiger partial charge < -0.3 is 15.4 Å². The van der Waals surface area contributed by atoms with Gasteiger partial charge in [-0.1, -0.05) is 24.3 Å². The van der Waals surface area contributed by atoms with E-state index >= 15 is 0 Å². The van der Waals surface area contributed by atoms with Crippen molar-refractivity contribution in [1.29, 1.82) is 0 Å². The maximum absolute atomic E-state index is 13.2. The van der Waals surface area contributed by atoms with E-state index in [1.54, 1.807) is 19.2 Å². The summed E-state index contributed by atoms with van der Waals surface area (Å²) in [6.45, 7) is 1.60. The van der Waals surface area contributed by atoms with E-state index in [-0.39, 0.29) is 23.7 Å². The molecule has 132 valence electrons. The first-order valence-electron chi connectivity index (χ1n) is 8.55. The first kappa shape index (κ1) is 17.4. The molecule has 2 N–H and O–H groups in total. The van der Waals surface area contributed by atoms with Crippen LogP contribution >= 0.6 is 0 Å². The van der Waals surface area contributed by atoms with Crippen LogP contribution in [0, 0.1) is 11.7 Å². The lowest BCUT2D eigenvalue weighted by Crippen LogP contribution is -2.35. The molecule has 5 heteroatoms. The normalized spacial score (nSPS) is 17.9. The largest absolute Gasteiger partial charge is 0.497 e. The Kier molecular flexibility index (Phi) is 5.66. The minimum absolute atomic E-state index is 0.00830. The average molecular weight is 342 g/mol. The molecule has 1 heterocycles. The second kappa shape index (κ2) is 8.12. The number of ether oxygens (including phenoxy) is 1. The second-order valence-electron chi connectivity index (χ2n) is 6.35. The Labute approximate surface area is 147 Å². The highest BCUT2D eigenvalue weighted by Gasteiger charge is 2.25. The monoisotopic (exact) mass is 342 g/mol. The van der Waals surface area contributed by atoms with Gasteiger partial charge in [0.1, 0.15) is 11.6 Å². The van der Waals surface area contributed by atoms with Crippen LogP contribution in [0.3, 0.4) is 0 Å². The first-order valence-corrected chi connectivity index (χ1v) is 8.55. The van der Waals surface area contributed by atoms with Crippen molar-refractivity contribution in [1.82, 2.24) is 10.6 Å². The van der Waals surface area contributed by atoms with Crippen molar-refractivity contribution in [3.8, 4) is 5.75 Å². The van der Waals surface area contributed by atoms with E-state index in [1.807, 2.05) is 24.3 Å². The van der Waals surface area contributed by atoms with Crippen LogP contribution in [0.1, 0.15) is 23.6 Å². The number of carbonyl (C=O) groups is 1. The van der Waals surface area contributed by atoms with Crippen molar-refractivity contribution in [2.75, 3.05) is 20.2 Å². The van der Waals surface area contributed by atoms with Crippen molar-refractivity contribution < 1.29 is 13.9 Å². The van der Waals surface area contributed by atoms with Gasteiger partial charge in [-0.3, -0.25) is 4.79 Å². The molecule has 0 unspecified atom stereocenters. The number of hydrogen-bond acceptors (Lipinski definition) is 3. The summed E-state index contributed by atoms with van der Waals surface area (Å²) in [5.41, 5.74) is 1.98. The molecule has 0 radical (unpaired) electrons. The lowest BCUT2D eigenvalue weighted by molar-refractivity contribution is -0.125. The highest BCUT2D eigenvalue weighted by atomic mass is 19.1. The fraction of sp³-hybridized carbons (Fsp3) is 0.350. The molecular formula is C20H23FN2O2. The Bertz CT molecular complexity index is 695. The van der Waals surface area contributed by atoms with Crippen LogP contribution in [0.15, 0.2) is 48.5 Å². The van der Waals surface area contributed by atoms with Crippen molar-refractivity contribution in [2.45, 2.75) is 18.9 Å². The van der Waals surface area contributed by atoms with Crippen molar-refractivity contribution >= 4 is 5.91 Å². The molecule has 2 aromatic carbocycles. The zero-order valence-electron chi connectivity index (χ0n) is 14.3. The number of methoxy groups -OCH3 is 1.